The van der Waals surface area contributed by atoms with Crippen LogP contribution in [-0.4, -0.2) is 5.12 Å². The van der Waals surface area contributed by atoms with E-state index < -0.39 is 0 Å². The molecule has 0 amide bonds. The first-order chi connectivity index (χ1) is 5.00. The van der Waals surface area contributed by atoms with Gasteiger partial charge in [-0.1, -0.05) is 19.4 Å². The van der Waals surface area contributed by atoms with Gasteiger partial charge in [0.2, 0.25) is 5.12 Å². The van der Waals surface area contributed by atoms with Crippen LogP contribution in [0.5, 0.6) is 0 Å². The molecule has 2 heteroatoms. The summed E-state index contributed by atoms with van der Waals surface area (Å²) in [4.78, 5) is 11.0. The molecule has 0 heterocycles. The van der Waals surface area contributed by atoms with Gasteiger partial charge in [-0.25, -0.2) is 0 Å². The lowest BCUT2D eigenvalue weighted by atomic mass is 9.96. The summed E-state index contributed by atoms with van der Waals surface area (Å²) in [6, 6.07) is 0. The lowest BCUT2D eigenvalue weighted by Crippen LogP contribution is -2.06. The molecule has 0 aromatic rings. The van der Waals surface area contributed by atoms with Gasteiger partial charge in [0.05, 0.1) is 0 Å². The van der Waals surface area contributed by atoms with Crippen molar-refractivity contribution in [1.29, 1.82) is 0 Å². The molecule has 1 atom stereocenters. The molecule has 1 unspecified atom stereocenters. The maximum absolute atomic E-state index is 11.0. The Morgan fingerprint density at radius 3 is 2.00 bits per heavy atom. The van der Waals surface area contributed by atoms with E-state index >= 15 is 0 Å². The second-order valence-corrected chi connectivity index (χ2v) is 3.43. The van der Waals surface area contributed by atoms with E-state index in [0.29, 0.717) is 5.92 Å². The van der Waals surface area contributed by atoms with E-state index in [4.69, 9.17) is 0 Å². The summed E-state index contributed by atoms with van der Waals surface area (Å²) in [5.74, 6) is 0.338. The summed E-state index contributed by atoms with van der Waals surface area (Å²) >= 11 is 3.83. The van der Waals surface area contributed by atoms with E-state index in [2.05, 4.69) is 26.5 Å². The van der Waals surface area contributed by atoms with Crippen LogP contribution in [0.2, 0.25) is 0 Å². The molecule has 0 saturated heterocycles. The summed E-state index contributed by atoms with van der Waals surface area (Å²) in [7, 11) is 0. The second kappa shape index (κ2) is 4.60. The Morgan fingerprint density at radius 2 is 1.91 bits per heavy atom. The molecule has 0 N–H and O–H groups in total. The van der Waals surface area contributed by atoms with Crippen LogP contribution in [0.4, 0.5) is 0 Å². The van der Waals surface area contributed by atoms with E-state index in [1.165, 1.54) is 0 Å². The van der Waals surface area contributed by atoms with E-state index in [1.54, 1.807) is 0 Å². The van der Waals surface area contributed by atoms with Crippen molar-refractivity contribution in [2.24, 2.45) is 5.92 Å². The molecule has 64 valence electrons. The van der Waals surface area contributed by atoms with Gasteiger partial charge in [-0.15, -0.1) is 12.6 Å². The molecule has 1 nitrogen and oxygen atoms in total. The molecule has 0 rings (SSSR count). The van der Waals surface area contributed by atoms with Crippen LogP contribution in [0.15, 0.2) is 11.1 Å². The number of carbonyl (C=O) groups is 1. The molecular formula is C9H16OS. The zero-order valence-corrected chi connectivity index (χ0v) is 8.53. The first-order valence-corrected chi connectivity index (χ1v) is 4.36. The predicted octanol–water partition coefficient (Wildman–Crippen LogP) is 2.83. The van der Waals surface area contributed by atoms with Gasteiger partial charge in [-0.05, 0) is 26.2 Å². The van der Waals surface area contributed by atoms with E-state index in [1.807, 2.05) is 13.8 Å². The molecule has 0 aromatic carbocycles. The molecule has 0 aliphatic heterocycles. The molecule has 0 radical (unpaired) electrons. The predicted molar refractivity (Wildman–Crippen MR) is 51.8 cm³/mol. The third-order valence-electron chi connectivity index (χ3n) is 1.87. The summed E-state index contributed by atoms with van der Waals surface area (Å²) < 4.78 is 0. The minimum atomic E-state index is -0.0839. The lowest BCUT2D eigenvalue weighted by Gasteiger charge is -2.11. The number of carbonyl (C=O) groups excluding carboxylic acids is 1. The summed E-state index contributed by atoms with van der Waals surface area (Å²) in [6.07, 6.45) is 0.993. The Balaban J connectivity index is 4.63. The van der Waals surface area contributed by atoms with Gasteiger partial charge in [0.1, 0.15) is 0 Å². The number of allylic oxidation sites excluding steroid dienone is 1. The van der Waals surface area contributed by atoms with Gasteiger partial charge in [-0.3, -0.25) is 4.79 Å². The summed E-state index contributed by atoms with van der Waals surface area (Å²) in [5.41, 5.74) is 1.95. The van der Waals surface area contributed by atoms with Crippen LogP contribution in [-0.2, 0) is 4.79 Å². The van der Waals surface area contributed by atoms with Crippen molar-refractivity contribution in [3.63, 3.8) is 0 Å². The highest BCUT2D eigenvalue weighted by Gasteiger charge is 2.13. The minimum Gasteiger partial charge on any atom is -0.282 e. The number of hydrogen-bond donors (Lipinski definition) is 1. The second-order valence-electron chi connectivity index (χ2n) is 3.03. The highest BCUT2D eigenvalue weighted by Crippen LogP contribution is 2.20. The molecule has 11 heavy (non-hydrogen) atoms. The zero-order valence-electron chi connectivity index (χ0n) is 7.64. The van der Waals surface area contributed by atoms with Gasteiger partial charge in [0, 0.05) is 5.57 Å². The van der Waals surface area contributed by atoms with Crippen LogP contribution >= 0.6 is 12.6 Å². The van der Waals surface area contributed by atoms with Gasteiger partial charge in [0.15, 0.2) is 0 Å². The molecule has 0 aliphatic rings. The average molecular weight is 172 g/mol. The fraction of sp³-hybridized carbons (Fsp3) is 0.667. The van der Waals surface area contributed by atoms with Crippen molar-refractivity contribution in [2.45, 2.75) is 34.1 Å². The van der Waals surface area contributed by atoms with Crippen molar-refractivity contribution in [3.05, 3.63) is 11.1 Å². The number of rotatable bonds is 3. The minimum absolute atomic E-state index is 0.0839. The quantitative estimate of drug-likeness (QED) is 0.511. The maximum atomic E-state index is 11.0. The zero-order chi connectivity index (χ0) is 9.02. The lowest BCUT2D eigenvalue weighted by molar-refractivity contribution is -0.108. The summed E-state index contributed by atoms with van der Waals surface area (Å²) in [5, 5.41) is -0.0839. The fourth-order valence-corrected chi connectivity index (χ4v) is 1.57. The van der Waals surface area contributed by atoms with Gasteiger partial charge < -0.3 is 0 Å². The van der Waals surface area contributed by atoms with Crippen molar-refractivity contribution in [2.75, 3.05) is 0 Å². The van der Waals surface area contributed by atoms with Crippen LogP contribution in [0.3, 0.4) is 0 Å². The molecule has 0 aliphatic carbocycles. The third kappa shape index (κ3) is 3.10. The van der Waals surface area contributed by atoms with Crippen molar-refractivity contribution in [1.82, 2.24) is 0 Å². The normalized spacial score (nSPS) is 12.5. The molecule has 0 saturated carbocycles. The Labute approximate surface area is 74.3 Å². The third-order valence-corrected chi connectivity index (χ3v) is 2.12. The topological polar surface area (TPSA) is 17.1 Å². The molecule has 0 bridgehead atoms. The molecule has 0 aromatic heterocycles. The van der Waals surface area contributed by atoms with Crippen LogP contribution in [0, 0.1) is 5.92 Å². The standard InChI is InChI=1S/C9H16OS/c1-5-7(4)8(6(2)3)9(10)11/h7H,5H2,1-4H3,(H,10,11). The van der Waals surface area contributed by atoms with Crippen LogP contribution < -0.4 is 0 Å². The highest BCUT2D eigenvalue weighted by atomic mass is 32.1. The Morgan fingerprint density at radius 1 is 1.45 bits per heavy atom. The van der Waals surface area contributed by atoms with E-state index in [-0.39, 0.29) is 5.12 Å². The van der Waals surface area contributed by atoms with Crippen LogP contribution in [0.25, 0.3) is 0 Å². The van der Waals surface area contributed by atoms with Crippen molar-refractivity contribution >= 4 is 17.7 Å². The molecule has 0 spiro atoms. The summed E-state index contributed by atoms with van der Waals surface area (Å²) in [6.45, 7) is 8.03. The SMILES string of the molecule is CCC(C)C(C(=O)S)=C(C)C. The Bertz CT molecular complexity index is 178. The van der Waals surface area contributed by atoms with Crippen LogP contribution in [0.1, 0.15) is 34.1 Å². The maximum Gasteiger partial charge on any atom is 0.212 e. The van der Waals surface area contributed by atoms with Crippen molar-refractivity contribution < 1.29 is 4.79 Å². The van der Waals surface area contributed by atoms with E-state index in [0.717, 1.165) is 17.6 Å². The number of hydrogen-bond acceptors (Lipinski definition) is 1. The first-order valence-electron chi connectivity index (χ1n) is 3.91. The van der Waals surface area contributed by atoms with E-state index in [9.17, 15) is 4.79 Å². The molecular weight excluding hydrogens is 156 g/mol. The van der Waals surface area contributed by atoms with Crippen molar-refractivity contribution in [3.8, 4) is 0 Å². The van der Waals surface area contributed by atoms with Gasteiger partial charge in [0.25, 0.3) is 0 Å². The Hall–Kier alpha value is -0.240. The Kier molecular flexibility index (Phi) is 4.50. The monoisotopic (exact) mass is 172 g/mol. The van der Waals surface area contributed by atoms with Gasteiger partial charge in [-0.2, -0.15) is 0 Å². The molecule has 0 fully saturated rings. The number of thiol groups is 1. The fourth-order valence-electron chi connectivity index (χ4n) is 1.12. The largest absolute Gasteiger partial charge is 0.282 e. The average Bonchev–Trinajstić information content (AvgIpc) is 1.85. The first kappa shape index (κ1) is 10.8. The van der Waals surface area contributed by atoms with Gasteiger partial charge >= 0.3 is 0 Å². The highest BCUT2D eigenvalue weighted by molar-refractivity contribution is 7.97. The smallest absolute Gasteiger partial charge is 0.212 e.